The third kappa shape index (κ3) is 17.4. The van der Waals surface area contributed by atoms with Gasteiger partial charge in [0.2, 0.25) is 0 Å². The van der Waals surface area contributed by atoms with Crippen LogP contribution in [0, 0.1) is 12.3 Å². The highest BCUT2D eigenvalue weighted by Gasteiger charge is 2.33. The van der Waals surface area contributed by atoms with Gasteiger partial charge < -0.3 is 29.2 Å². The lowest BCUT2D eigenvalue weighted by molar-refractivity contribution is -0.153. The number of unbranched alkanes of at least 4 members (excludes halogenated alkanes) is 7. The summed E-state index contributed by atoms with van der Waals surface area (Å²) in [6.07, 6.45) is 19.6. The fourth-order valence-corrected chi connectivity index (χ4v) is 5.13. The van der Waals surface area contributed by atoms with Gasteiger partial charge in [0.25, 0.3) is 0 Å². The van der Waals surface area contributed by atoms with Crippen LogP contribution in [0.3, 0.4) is 0 Å². The van der Waals surface area contributed by atoms with Gasteiger partial charge in [0.15, 0.2) is 0 Å². The monoisotopic (exact) mass is 540 g/mol. The Labute approximate surface area is 232 Å². The zero-order valence-corrected chi connectivity index (χ0v) is 24.4. The summed E-state index contributed by atoms with van der Waals surface area (Å²) in [6, 6.07) is 0. The maximum atomic E-state index is 11.3. The summed E-state index contributed by atoms with van der Waals surface area (Å²) in [5, 5.41) is 19.6. The summed E-state index contributed by atoms with van der Waals surface area (Å²) < 4.78 is 24.1. The minimum Gasteiger partial charge on any atom is -0.481 e. The number of carboxylic acid groups (broad SMARTS) is 1. The van der Waals surface area contributed by atoms with Crippen LogP contribution < -0.4 is 0 Å². The van der Waals surface area contributed by atoms with Crippen LogP contribution in [0.15, 0.2) is 0 Å². The molecule has 0 aliphatic carbocycles. The molecule has 0 spiro atoms. The van der Waals surface area contributed by atoms with Crippen molar-refractivity contribution in [1.29, 1.82) is 0 Å². The standard InChI is InChI=1S/C31H56O7/c1-5-8-10-11-12-13-14-15-16-25(32)17-19-37-26(7-3)20-27(35-4)21-29-22-28(36-18-9-6-2)23-30(38-29)24-31(33)34/h1,25-30,32H,6-24H2,2-4H3,(H,33,34)/t25-,26?,27+,28-,29?,30?/m0/s1. The number of carbonyl (C=O) groups is 1. The van der Waals surface area contributed by atoms with Gasteiger partial charge in [-0.25, -0.2) is 0 Å². The van der Waals surface area contributed by atoms with Gasteiger partial charge in [-0.2, -0.15) is 0 Å². The first-order valence-electron chi connectivity index (χ1n) is 15.2. The highest BCUT2D eigenvalue weighted by atomic mass is 16.5. The Hall–Kier alpha value is -1.17. The van der Waals surface area contributed by atoms with Gasteiger partial charge in [0.05, 0.1) is 43.0 Å². The largest absolute Gasteiger partial charge is 0.481 e. The number of rotatable bonds is 24. The molecule has 1 rings (SSSR count). The molecule has 1 saturated heterocycles. The van der Waals surface area contributed by atoms with E-state index in [2.05, 4.69) is 19.8 Å². The quantitative estimate of drug-likeness (QED) is 0.110. The van der Waals surface area contributed by atoms with Gasteiger partial charge in [-0.15, -0.1) is 12.3 Å². The second-order valence-electron chi connectivity index (χ2n) is 10.8. The summed E-state index contributed by atoms with van der Waals surface area (Å²) in [4.78, 5) is 11.3. The van der Waals surface area contributed by atoms with Crippen LogP contribution in [0.2, 0.25) is 0 Å². The zero-order chi connectivity index (χ0) is 28.0. The van der Waals surface area contributed by atoms with Crippen LogP contribution in [0.1, 0.15) is 123 Å². The molecule has 0 radical (unpaired) electrons. The van der Waals surface area contributed by atoms with E-state index in [1.165, 1.54) is 19.3 Å². The minimum atomic E-state index is -0.844. The van der Waals surface area contributed by atoms with E-state index in [0.717, 1.165) is 64.2 Å². The van der Waals surface area contributed by atoms with E-state index in [-0.39, 0.29) is 43.0 Å². The van der Waals surface area contributed by atoms with Gasteiger partial charge in [0.1, 0.15) is 0 Å². The van der Waals surface area contributed by atoms with Crippen LogP contribution in [0.25, 0.3) is 0 Å². The molecule has 0 aromatic rings. The molecule has 3 unspecified atom stereocenters. The molecule has 0 aromatic heterocycles. The molecule has 1 aliphatic rings. The number of methoxy groups -OCH3 is 1. The maximum absolute atomic E-state index is 11.3. The Morgan fingerprint density at radius 2 is 1.71 bits per heavy atom. The Morgan fingerprint density at radius 3 is 2.37 bits per heavy atom. The Morgan fingerprint density at radius 1 is 1.00 bits per heavy atom. The molecule has 1 heterocycles. The minimum absolute atomic E-state index is 0.00266. The number of hydrogen-bond acceptors (Lipinski definition) is 6. The number of aliphatic hydroxyl groups is 1. The second-order valence-corrected chi connectivity index (χ2v) is 10.8. The first-order chi connectivity index (χ1) is 18.4. The van der Waals surface area contributed by atoms with Crippen molar-refractivity contribution in [3.05, 3.63) is 0 Å². The number of aliphatic hydroxyl groups excluding tert-OH is 1. The molecule has 0 aromatic carbocycles. The Balaban J connectivity index is 2.37. The SMILES string of the molecule is C#CCCCCCCCC[C@H](O)CCOC(CC)C[C@H](CC1C[C@H](OCCCC)CC(CC(=O)O)O1)OC. The van der Waals surface area contributed by atoms with Gasteiger partial charge in [0, 0.05) is 33.2 Å². The fourth-order valence-electron chi connectivity index (χ4n) is 5.13. The first kappa shape index (κ1) is 34.9. The smallest absolute Gasteiger partial charge is 0.305 e. The van der Waals surface area contributed by atoms with Crippen molar-refractivity contribution in [1.82, 2.24) is 0 Å². The lowest BCUT2D eigenvalue weighted by atomic mass is 9.94. The van der Waals surface area contributed by atoms with Crippen LogP contribution in [-0.2, 0) is 23.7 Å². The normalized spacial score (nSPS) is 22.0. The van der Waals surface area contributed by atoms with Crippen molar-refractivity contribution in [2.75, 3.05) is 20.3 Å². The first-order valence-corrected chi connectivity index (χ1v) is 15.2. The molecule has 0 amide bonds. The maximum Gasteiger partial charge on any atom is 0.305 e. The second kappa shape index (κ2) is 22.6. The predicted octanol–water partition coefficient (Wildman–Crippen LogP) is 6.29. The van der Waals surface area contributed by atoms with Crippen molar-refractivity contribution < 1.29 is 34.0 Å². The number of ether oxygens (including phenoxy) is 4. The fraction of sp³-hybridized carbons (Fsp3) is 0.903. The Bertz CT molecular complexity index is 620. The van der Waals surface area contributed by atoms with Crippen LogP contribution in [-0.4, -0.2) is 73.1 Å². The average molecular weight is 541 g/mol. The van der Waals surface area contributed by atoms with Crippen LogP contribution >= 0.6 is 0 Å². The molecule has 2 N–H and O–H groups in total. The van der Waals surface area contributed by atoms with Crippen LogP contribution in [0.5, 0.6) is 0 Å². The van der Waals surface area contributed by atoms with E-state index < -0.39 is 5.97 Å². The average Bonchev–Trinajstić information content (AvgIpc) is 2.88. The molecule has 0 saturated carbocycles. The number of carboxylic acids is 1. The number of aliphatic carboxylic acids is 1. The summed E-state index contributed by atoms with van der Waals surface area (Å²) in [7, 11) is 1.71. The van der Waals surface area contributed by atoms with E-state index >= 15 is 0 Å². The van der Waals surface area contributed by atoms with Gasteiger partial charge in [-0.05, 0) is 51.4 Å². The molecule has 0 bridgehead atoms. The molecular weight excluding hydrogens is 484 g/mol. The Kier molecular flexibility index (Phi) is 20.8. The molecule has 7 nitrogen and oxygen atoms in total. The molecule has 38 heavy (non-hydrogen) atoms. The summed E-state index contributed by atoms with van der Waals surface area (Å²) in [5.41, 5.74) is 0. The summed E-state index contributed by atoms with van der Waals surface area (Å²) >= 11 is 0. The van der Waals surface area contributed by atoms with E-state index in [4.69, 9.17) is 25.4 Å². The van der Waals surface area contributed by atoms with Crippen molar-refractivity contribution in [2.24, 2.45) is 0 Å². The van der Waals surface area contributed by atoms with Gasteiger partial charge in [-0.1, -0.05) is 52.4 Å². The van der Waals surface area contributed by atoms with Crippen molar-refractivity contribution in [3.63, 3.8) is 0 Å². The van der Waals surface area contributed by atoms with E-state index in [0.29, 0.717) is 32.5 Å². The van der Waals surface area contributed by atoms with E-state index in [1.807, 2.05) is 0 Å². The lowest BCUT2D eigenvalue weighted by Crippen LogP contribution is -2.40. The van der Waals surface area contributed by atoms with E-state index in [1.54, 1.807) is 7.11 Å². The van der Waals surface area contributed by atoms with Crippen molar-refractivity contribution in [3.8, 4) is 12.3 Å². The third-order valence-electron chi connectivity index (χ3n) is 7.44. The molecule has 6 atom stereocenters. The predicted molar refractivity (Wildman–Crippen MR) is 151 cm³/mol. The highest BCUT2D eigenvalue weighted by Crippen LogP contribution is 2.29. The summed E-state index contributed by atoms with van der Waals surface area (Å²) in [6.45, 7) is 5.48. The topological polar surface area (TPSA) is 94.5 Å². The van der Waals surface area contributed by atoms with Crippen LogP contribution in [0.4, 0.5) is 0 Å². The molecule has 222 valence electrons. The van der Waals surface area contributed by atoms with Crippen molar-refractivity contribution >= 4 is 5.97 Å². The van der Waals surface area contributed by atoms with Crippen molar-refractivity contribution in [2.45, 2.75) is 160 Å². The molecule has 1 aliphatic heterocycles. The number of hydrogen-bond donors (Lipinski definition) is 2. The molecular formula is C31H56O7. The third-order valence-corrected chi connectivity index (χ3v) is 7.44. The zero-order valence-electron chi connectivity index (χ0n) is 24.4. The summed E-state index contributed by atoms with van der Waals surface area (Å²) in [5.74, 6) is 1.84. The van der Waals surface area contributed by atoms with Gasteiger partial charge in [-0.3, -0.25) is 4.79 Å². The molecule has 1 fully saturated rings. The van der Waals surface area contributed by atoms with Gasteiger partial charge >= 0.3 is 5.97 Å². The van der Waals surface area contributed by atoms with E-state index in [9.17, 15) is 15.0 Å². The highest BCUT2D eigenvalue weighted by molar-refractivity contribution is 5.67. The number of terminal acetylenes is 1. The molecule has 7 heteroatoms. The lowest BCUT2D eigenvalue weighted by Gasteiger charge is -2.36.